The molecule has 1 aromatic rings. The van der Waals surface area contributed by atoms with E-state index < -0.39 is 72.5 Å². The lowest BCUT2D eigenvalue weighted by Crippen LogP contribution is -2.57. The van der Waals surface area contributed by atoms with Crippen LogP contribution in [0.2, 0.25) is 0 Å². The third-order valence-electron chi connectivity index (χ3n) is 6.21. The fourth-order valence-electron chi connectivity index (χ4n) is 3.71. The van der Waals surface area contributed by atoms with Crippen LogP contribution in [-0.4, -0.2) is 75.0 Å². The number of nitrogens with two attached hydrogens (primary N) is 1. The lowest BCUT2D eigenvalue weighted by atomic mass is 9.97. The average Bonchev–Trinajstić information content (AvgIpc) is 2.89. The summed E-state index contributed by atoms with van der Waals surface area (Å²) in [4.78, 5) is 83.8. The summed E-state index contributed by atoms with van der Waals surface area (Å²) in [5.41, 5.74) is 5.97. The van der Waals surface area contributed by atoms with Crippen molar-refractivity contribution in [1.82, 2.24) is 16.0 Å². The van der Waals surface area contributed by atoms with Crippen LogP contribution in [0.5, 0.6) is 0 Å². The average molecular weight is 565 g/mol. The number of hydrogen-bond donors (Lipinski definition) is 7. The van der Waals surface area contributed by atoms with Gasteiger partial charge in [-0.1, -0.05) is 32.4 Å². The molecule has 0 aliphatic heterocycles. The first-order chi connectivity index (χ1) is 18.7. The summed E-state index contributed by atoms with van der Waals surface area (Å²) < 4.78 is 0. The Labute approximate surface area is 230 Å². The molecular weight excluding hydrogens is 528 g/mol. The summed E-state index contributed by atoms with van der Waals surface area (Å²) in [5.74, 6) is -7.21. The number of aliphatic carboxylic acids is 2. The van der Waals surface area contributed by atoms with Gasteiger partial charge < -0.3 is 37.0 Å². The van der Waals surface area contributed by atoms with Gasteiger partial charge in [-0.15, -0.1) is 0 Å². The summed E-state index contributed by atoms with van der Waals surface area (Å²) in [7, 11) is 0. The van der Waals surface area contributed by atoms with Crippen molar-refractivity contribution in [2.75, 3.05) is 0 Å². The quantitative estimate of drug-likeness (QED) is 0.126. The second-order valence-electron chi connectivity index (χ2n) is 9.33. The zero-order valence-electron chi connectivity index (χ0n) is 22.3. The van der Waals surface area contributed by atoms with E-state index in [2.05, 4.69) is 16.0 Å². The molecule has 0 saturated carbocycles. The number of carboxylic acids is 3. The highest BCUT2D eigenvalue weighted by Gasteiger charge is 2.31. The normalized spacial score (nSPS) is 13.7. The highest BCUT2D eigenvalue weighted by molar-refractivity contribution is 5.94. The third kappa shape index (κ3) is 11.9. The van der Waals surface area contributed by atoms with Crippen molar-refractivity contribution in [1.29, 1.82) is 0 Å². The summed E-state index contributed by atoms with van der Waals surface area (Å²) in [6.45, 7) is 3.45. The smallest absolute Gasteiger partial charge is 0.335 e. The van der Waals surface area contributed by atoms with E-state index in [4.69, 9.17) is 21.1 Å². The van der Waals surface area contributed by atoms with Gasteiger partial charge in [-0.2, -0.15) is 0 Å². The van der Waals surface area contributed by atoms with Gasteiger partial charge in [0.25, 0.3) is 0 Å². The number of aromatic carboxylic acids is 1. The number of carboxylic acid groups (broad SMARTS) is 3. The molecule has 0 bridgehead atoms. The Bertz CT molecular complexity index is 1110. The number of carbonyl (C=O) groups excluding carboxylic acids is 4. The van der Waals surface area contributed by atoms with Crippen molar-refractivity contribution in [2.24, 2.45) is 11.7 Å². The topological polar surface area (TPSA) is 242 Å². The summed E-state index contributed by atoms with van der Waals surface area (Å²) in [5, 5.41) is 34.5. The zero-order chi connectivity index (χ0) is 30.4. The molecule has 1 aromatic carbocycles. The molecule has 0 heterocycles. The number of nitrogens with one attached hydrogen (secondary N) is 3. The van der Waals surface area contributed by atoms with Crippen LogP contribution >= 0.6 is 0 Å². The Morgan fingerprint density at radius 1 is 0.825 bits per heavy atom. The van der Waals surface area contributed by atoms with Gasteiger partial charge in [0, 0.05) is 19.3 Å². The predicted molar refractivity (Wildman–Crippen MR) is 140 cm³/mol. The SMILES string of the molecule is CC[C@H](C)[C@H](NC(=O)[C@H](CCC(=O)O)NC(=O)[C@H](CCC(=O)O)NC(=O)CCc1cccc(C(=O)O)c1)C(N)=O. The number of benzene rings is 1. The molecule has 0 radical (unpaired) electrons. The van der Waals surface area contributed by atoms with E-state index in [1.54, 1.807) is 19.9 Å². The molecule has 4 atom stereocenters. The minimum Gasteiger partial charge on any atom is -0.481 e. The fourth-order valence-corrected chi connectivity index (χ4v) is 3.71. The van der Waals surface area contributed by atoms with Gasteiger partial charge in [-0.25, -0.2) is 4.79 Å². The second-order valence-corrected chi connectivity index (χ2v) is 9.33. The second kappa shape index (κ2) is 16.5. The molecule has 14 heteroatoms. The van der Waals surface area contributed by atoms with Gasteiger partial charge in [0.05, 0.1) is 5.56 Å². The van der Waals surface area contributed by atoms with Gasteiger partial charge in [0.1, 0.15) is 18.1 Å². The molecule has 0 unspecified atom stereocenters. The monoisotopic (exact) mass is 564 g/mol. The van der Waals surface area contributed by atoms with Crippen LogP contribution < -0.4 is 21.7 Å². The molecule has 220 valence electrons. The van der Waals surface area contributed by atoms with Crippen molar-refractivity contribution in [3.63, 3.8) is 0 Å². The van der Waals surface area contributed by atoms with E-state index in [0.717, 1.165) is 0 Å². The highest BCUT2D eigenvalue weighted by atomic mass is 16.4. The van der Waals surface area contributed by atoms with Gasteiger partial charge in [0.15, 0.2) is 0 Å². The van der Waals surface area contributed by atoms with Gasteiger partial charge in [-0.3, -0.25) is 28.8 Å². The van der Waals surface area contributed by atoms with Gasteiger partial charge >= 0.3 is 17.9 Å². The Morgan fingerprint density at radius 2 is 1.38 bits per heavy atom. The fraction of sp³-hybridized carbons (Fsp3) is 0.500. The van der Waals surface area contributed by atoms with Crippen LogP contribution in [0.1, 0.15) is 68.3 Å². The minimum atomic E-state index is -1.42. The van der Waals surface area contributed by atoms with Crippen LogP contribution in [0.3, 0.4) is 0 Å². The Morgan fingerprint density at radius 3 is 1.88 bits per heavy atom. The summed E-state index contributed by atoms with van der Waals surface area (Å²) in [6, 6.07) is 2.06. The molecule has 0 spiro atoms. The van der Waals surface area contributed by atoms with Crippen LogP contribution in [0.4, 0.5) is 0 Å². The minimum absolute atomic E-state index is 0.0363. The summed E-state index contributed by atoms with van der Waals surface area (Å²) >= 11 is 0. The molecule has 0 fully saturated rings. The first kappa shape index (κ1) is 33.5. The molecule has 0 aromatic heterocycles. The molecule has 4 amide bonds. The third-order valence-corrected chi connectivity index (χ3v) is 6.21. The number of aryl methyl sites for hydroxylation is 1. The Hall–Kier alpha value is -4.49. The molecule has 0 aliphatic rings. The first-order valence-electron chi connectivity index (χ1n) is 12.7. The van der Waals surface area contributed by atoms with E-state index in [1.807, 2.05) is 0 Å². The largest absolute Gasteiger partial charge is 0.481 e. The van der Waals surface area contributed by atoms with E-state index in [-0.39, 0.29) is 37.2 Å². The number of primary amides is 1. The van der Waals surface area contributed by atoms with Crippen LogP contribution in [0.15, 0.2) is 24.3 Å². The predicted octanol–water partition coefficient (Wildman–Crippen LogP) is 0.0328. The number of hydrogen-bond acceptors (Lipinski definition) is 7. The number of amides is 4. The first-order valence-corrected chi connectivity index (χ1v) is 12.7. The van der Waals surface area contributed by atoms with E-state index in [9.17, 15) is 33.6 Å². The number of carbonyl (C=O) groups is 7. The molecule has 8 N–H and O–H groups in total. The van der Waals surface area contributed by atoms with Gasteiger partial charge in [0.2, 0.25) is 23.6 Å². The van der Waals surface area contributed by atoms with Gasteiger partial charge in [-0.05, 0) is 42.9 Å². The van der Waals surface area contributed by atoms with Crippen molar-refractivity contribution in [3.05, 3.63) is 35.4 Å². The van der Waals surface area contributed by atoms with E-state index in [1.165, 1.54) is 18.2 Å². The molecular formula is C26H36N4O10. The molecule has 40 heavy (non-hydrogen) atoms. The van der Waals surface area contributed by atoms with Crippen molar-refractivity contribution >= 4 is 41.5 Å². The molecule has 0 aliphatic carbocycles. The highest BCUT2D eigenvalue weighted by Crippen LogP contribution is 2.11. The van der Waals surface area contributed by atoms with E-state index in [0.29, 0.717) is 12.0 Å². The number of rotatable bonds is 18. The Balaban J connectivity index is 3.02. The Kier molecular flexibility index (Phi) is 13.8. The van der Waals surface area contributed by atoms with Crippen LogP contribution in [-0.2, 0) is 35.2 Å². The lowest BCUT2D eigenvalue weighted by molar-refractivity contribution is -0.140. The molecule has 14 nitrogen and oxygen atoms in total. The molecule has 1 rings (SSSR count). The molecule has 0 saturated heterocycles. The van der Waals surface area contributed by atoms with Crippen molar-refractivity contribution in [3.8, 4) is 0 Å². The lowest BCUT2D eigenvalue weighted by Gasteiger charge is -2.26. The van der Waals surface area contributed by atoms with Crippen LogP contribution in [0.25, 0.3) is 0 Å². The van der Waals surface area contributed by atoms with Crippen molar-refractivity contribution in [2.45, 2.75) is 76.9 Å². The maximum absolute atomic E-state index is 13.1. The summed E-state index contributed by atoms with van der Waals surface area (Å²) in [6.07, 6.45) is -1.22. The maximum Gasteiger partial charge on any atom is 0.335 e. The zero-order valence-corrected chi connectivity index (χ0v) is 22.3. The van der Waals surface area contributed by atoms with Crippen LogP contribution in [0, 0.1) is 5.92 Å². The maximum atomic E-state index is 13.1. The van der Waals surface area contributed by atoms with E-state index >= 15 is 0 Å². The standard InChI is InChI=1S/C26H36N4O10/c1-3-14(2)22(23(27)36)30-25(38)18(9-12-21(34)35)29-24(37)17(8-11-20(32)33)28-19(31)10-7-15-5-4-6-16(13-15)26(39)40/h4-6,13-14,17-18,22H,3,7-12H2,1-2H3,(H2,27,36)(H,28,31)(H,29,37)(H,30,38)(H,32,33)(H,34,35)(H,39,40)/t14-,17-,18-,22-/m0/s1. The van der Waals surface area contributed by atoms with Crippen molar-refractivity contribution < 1.29 is 48.9 Å².